The van der Waals surface area contributed by atoms with E-state index < -0.39 is 5.97 Å². The fourth-order valence-electron chi connectivity index (χ4n) is 2.04. The molecule has 0 amide bonds. The average molecular weight is 245 g/mol. The Morgan fingerprint density at radius 1 is 1.33 bits per heavy atom. The molecule has 0 unspecified atom stereocenters. The maximum atomic E-state index is 11.1. The largest absolute Gasteiger partial charge is 0.497 e. The van der Waals surface area contributed by atoms with Crippen LogP contribution in [-0.2, 0) is 6.42 Å². The van der Waals surface area contributed by atoms with Crippen molar-refractivity contribution in [3.05, 3.63) is 41.7 Å². The van der Waals surface area contributed by atoms with Crippen molar-refractivity contribution in [1.29, 1.82) is 0 Å². The number of aromatic amines is 1. The van der Waals surface area contributed by atoms with Crippen LogP contribution in [0.3, 0.4) is 0 Å². The van der Waals surface area contributed by atoms with E-state index >= 15 is 0 Å². The van der Waals surface area contributed by atoms with Crippen LogP contribution in [0.15, 0.2) is 30.5 Å². The van der Waals surface area contributed by atoms with Crippen LogP contribution in [0.1, 0.15) is 23.0 Å². The summed E-state index contributed by atoms with van der Waals surface area (Å²) in [5.74, 6) is -0.141. The molecule has 0 radical (unpaired) electrons. The number of aromatic carboxylic acids is 1. The first-order valence-corrected chi connectivity index (χ1v) is 5.75. The Morgan fingerprint density at radius 3 is 2.50 bits per heavy atom. The lowest BCUT2D eigenvalue weighted by Crippen LogP contribution is -2.00. The minimum atomic E-state index is -0.924. The summed E-state index contributed by atoms with van der Waals surface area (Å²) in [6.45, 7) is 1.95. The van der Waals surface area contributed by atoms with E-state index in [1.54, 1.807) is 13.3 Å². The van der Waals surface area contributed by atoms with Crippen molar-refractivity contribution in [2.45, 2.75) is 13.3 Å². The molecule has 0 atom stereocenters. The highest BCUT2D eigenvalue weighted by atomic mass is 16.5. The molecule has 1 aromatic heterocycles. The zero-order valence-electron chi connectivity index (χ0n) is 10.4. The van der Waals surface area contributed by atoms with Gasteiger partial charge in [-0.05, 0) is 29.7 Å². The molecule has 0 aliphatic rings. The van der Waals surface area contributed by atoms with E-state index in [1.165, 1.54) is 0 Å². The fourth-order valence-corrected chi connectivity index (χ4v) is 2.04. The van der Waals surface area contributed by atoms with Crippen molar-refractivity contribution < 1.29 is 14.6 Å². The smallest absolute Gasteiger partial charge is 0.352 e. The minimum Gasteiger partial charge on any atom is -0.497 e. The van der Waals surface area contributed by atoms with Crippen molar-refractivity contribution in [3.8, 4) is 16.9 Å². The monoisotopic (exact) mass is 245 g/mol. The molecule has 94 valence electrons. The van der Waals surface area contributed by atoms with Gasteiger partial charge in [0.15, 0.2) is 0 Å². The molecule has 0 bridgehead atoms. The maximum Gasteiger partial charge on any atom is 0.352 e. The molecular formula is C14H15NO3. The lowest BCUT2D eigenvalue weighted by Gasteiger charge is -2.04. The van der Waals surface area contributed by atoms with Crippen molar-refractivity contribution >= 4 is 5.97 Å². The summed E-state index contributed by atoms with van der Waals surface area (Å²) in [7, 11) is 1.62. The SMILES string of the molecule is CCc1c(-c2ccc(OC)cc2)c[nH]c1C(=O)O. The highest BCUT2D eigenvalue weighted by Crippen LogP contribution is 2.28. The van der Waals surface area contributed by atoms with Crippen LogP contribution in [-0.4, -0.2) is 23.2 Å². The lowest BCUT2D eigenvalue weighted by atomic mass is 10.0. The Kier molecular flexibility index (Phi) is 3.37. The van der Waals surface area contributed by atoms with Crippen LogP contribution in [0.2, 0.25) is 0 Å². The topological polar surface area (TPSA) is 62.3 Å². The molecular weight excluding hydrogens is 230 g/mol. The molecule has 0 saturated carbocycles. The number of hydrogen-bond acceptors (Lipinski definition) is 2. The van der Waals surface area contributed by atoms with Gasteiger partial charge in [-0.3, -0.25) is 0 Å². The molecule has 0 aliphatic carbocycles. The number of carbonyl (C=O) groups is 1. The van der Waals surface area contributed by atoms with Crippen LogP contribution in [0.25, 0.3) is 11.1 Å². The van der Waals surface area contributed by atoms with Crippen molar-refractivity contribution in [2.24, 2.45) is 0 Å². The first-order chi connectivity index (χ1) is 8.67. The Balaban J connectivity index is 2.46. The van der Waals surface area contributed by atoms with Gasteiger partial charge in [0.2, 0.25) is 0 Å². The molecule has 4 heteroatoms. The Morgan fingerprint density at radius 2 is 2.00 bits per heavy atom. The second-order valence-corrected chi connectivity index (χ2v) is 3.94. The summed E-state index contributed by atoms with van der Waals surface area (Å²) in [6, 6.07) is 7.57. The number of hydrogen-bond donors (Lipinski definition) is 2. The summed E-state index contributed by atoms with van der Waals surface area (Å²) < 4.78 is 5.10. The normalized spacial score (nSPS) is 10.3. The summed E-state index contributed by atoms with van der Waals surface area (Å²) in [5, 5.41) is 9.09. The van der Waals surface area contributed by atoms with Gasteiger partial charge in [0, 0.05) is 11.8 Å². The molecule has 2 aromatic rings. The Labute approximate surface area is 105 Å². The predicted octanol–water partition coefficient (Wildman–Crippen LogP) is 2.95. The van der Waals surface area contributed by atoms with Crippen LogP contribution in [0.4, 0.5) is 0 Å². The number of benzene rings is 1. The molecule has 2 rings (SSSR count). The summed E-state index contributed by atoms with van der Waals surface area (Å²) >= 11 is 0. The number of carboxylic acids is 1. The van der Waals surface area contributed by atoms with Gasteiger partial charge in [-0.25, -0.2) is 4.79 Å². The number of ether oxygens (including phenoxy) is 1. The van der Waals surface area contributed by atoms with E-state index in [-0.39, 0.29) is 5.69 Å². The molecule has 18 heavy (non-hydrogen) atoms. The van der Waals surface area contributed by atoms with E-state index in [0.717, 1.165) is 22.4 Å². The Bertz CT molecular complexity index is 555. The zero-order valence-corrected chi connectivity index (χ0v) is 10.4. The number of H-pyrrole nitrogens is 1. The van der Waals surface area contributed by atoms with E-state index in [2.05, 4.69) is 4.98 Å². The third-order valence-corrected chi connectivity index (χ3v) is 2.96. The second-order valence-electron chi connectivity index (χ2n) is 3.94. The third-order valence-electron chi connectivity index (χ3n) is 2.96. The molecule has 0 aliphatic heterocycles. The number of aromatic nitrogens is 1. The third kappa shape index (κ3) is 2.09. The van der Waals surface area contributed by atoms with Crippen molar-refractivity contribution in [1.82, 2.24) is 4.98 Å². The number of nitrogens with one attached hydrogen (secondary N) is 1. The molecule has 2 N–H and O–H groups in total. The van der Waals surface area contributed by atoms with E-state index in [4.69, 9.17) is 9.84 Å². The standard InChI is InChI=1S/C14H15NO3/c1-3-11-12(8-15-13(11)14(16)17)9-4-6-10(18-2)7-5-9/h4-8,15H,3H2,1-2H3,(H,16,17). The highest BCUT2D eigenvalue weighted by Gasteiger charge is 2.16. The van der Waals surface area contributed by atoms with Crippen LogP contribution in [0.5, 0.6) is 5.75 Å². The Hall–Kier alpha value is -2.23. The van der Waals surface area contributed by atoms with Crippen LogP contribution >= 0.6 is 0 Å². The van der Waals surface area contributed by atoms with Crippen molar-refractivity contribution in [2.75, 3.05) is 7.11 Å². The summed E-state index contributed by atoms with van der Waals surface area (Å²) in [4.78, 5) is 13.9. The minimum absolute atomic E-state index is 0.267. The molecule has 1 aromatic carbocycles. The van der Waals surface area contributed by atoms with Gasteiger partial charge in [0.1, 0.15) is 11.4 Å². The predicted molar refractivity (Wildman–Crippen MR) is 69.1 cm³/mol. The van der Waals surface area contributed by atoms with Gasteiger partial charge in [-0.1, -0.05) is 19.1 Å². The number of rotatable bonds is 4. The second kappa shape index (κ2) is 4.96. The first-order valence-electron chi connectivity index (χ1n) is 5.75. The van der Waals surface area contributed by atoms with E-state index in [1.807, 2.05) is 31.2 Å². The van der Waals surface area contributed by atoms with Crippen molar-refractivity contribution in [3.63, 3.8) is 0 Å². The summed E-state index contributed by atoms with van der Waals surface area (Å²) in [5.41, 5.74) is 3.00. The molecule has 0 saturated heterocycles. The number of methoxy groups -OCH3 is 1. The van der Waals surface area contributed by atoms with Gasteiger partial charge in [0.25, 0.3) is 0 Å². The molecule has 0 spiro atoms. The molecule has 4 nitrogen and oxygen atoms in total. The highest BCUT2D eigenvalue weighted by molar-refractivity contribution is 5.90. The number of carboxylic acid groups (broad SMARTS) is 1. The average Bonchev–Trinajstić information content (AvgIpc) is 2.82. The van der Waals surface area contributed by atoms with Crippen LogP contribution in [0, 0.1) is 0 Å². The van der Waals surface area contributed by atoms with E-state index in [0.29, 0.717) is 6.42 Å². The molecule has 0 fully saturated rings. The quantitative estimate of drug-likeness (QED) is 0.870. The van der Waals surface area contributed by atoms with E-state index in [9.17, 15) is 4.79 Å². The lowest BCUT2D eigenvalue weighted by molar-refractivity contribution is 0.0690. The van der Waals surface area contributed by atoms with Gasteiger partial charge in [-0.15, -0.1) is 0 Å². The molecule has 1 heterocycles. The first kappa shape index (κ1) is 12.2. The van der Waals surface area contributed by atoms with Gasteiger partial charge >= 0.3 is 5.97 Å². The van der Waals surface area contributed by atoms with Gasteiger partial charge < -0.3 is 14.8 Å². The zero-order chi connectivity index (χ0) is 13.1. The fraction of sp³-hybridized carbons (Fsp3) is 0.214. The van der Waals surface area contributed by atoms with Gasteiger partial charge in [0.05, 0.1) is 7.11 Å². The summed E-state index contributed by atoms with van der Waals surface area (Å²) in [6.07, 6.45) is 2.41. The van der Waals surface area contributed by atoms with Gasteiger partial charge in [-0.2, -0.15) is 0 Å². The maximum absolute atomic E-state index is 11.1. The van der Waals surface area contributed by atoms with Crippen LogP contribution < -0.4 is 4.74 Å².